The van der Waals surface area contributed by atoms with Gasteiger partial charge >= 0.3 is 23.9 Å². The molecule has 2 N–H and O–H groups in total. The third-order valence-corrected chi connectivity index (χ3v) is 6.82. The van der Waals surface area contributed by atoms with Gasteiger partial charge in [0.2, 0.25) is 0 Å². The number of aromatic carboxylic acids is 2. The Balaban J connectivity index is 1.49. The van der Waals surface area contributed by atoms with Crippen molar-refractivity contribution >= 4 is 23.9 Å². The zero-order valence-corrected chi connectivity index (χ0v) is 24.6. The van der Waals surface area contributed by atoms with Crippen LogP contribution in [0.2, 0.25) is 0 Å². The maximum absolute atomic E-state index is 12.4. The fourth-order valence-corrected chi connectivity index (χ4v) is 4.44. The SMILES string of the molecule is COOC(=O)c1ccc(Oc2ccc(C(C)(C)c3ccc(Oc4ccc(C(=O)O)c(C(=O)O)c4)cc3)cc2)cc1C(=O)OOC. The Kier molecular flexibility index (Phi) is 9.81. The van der Waals surface area contributed by atoms with Crippen LogP contribution in [0.3, 0.4) is 0 Å². The van der Waals surface area contributed by atoms with E-state index in [-0.39, 0.29) is 33.8 Å². The first-order chi connectivity index (χ1) is 21.4. The highest BCUT2D eigenvalue weighted by atomic mass is 17.2. The Hall–Kier alpha value is -5.72. The number of hydrogen-bond acceptors (Lipinski definition) is 10. The molecule has 0 fully saturated rings. The lowest BCUT2D eigenvalue weighted by molar-refractivity contribution is -0.218. The molecule has 4 aromatic carbocycles. The van der Waals surface area contributed by atoms with Crippen molar-refractivity contribution in [1.29, 1.82) is 0 Å². The van der Waals surface area contributed by atoms with E-state index in [2.05, 4.69) is 19.6 Å². The quantitative estimate of drug-likeness (QED) is 0.133. The lowest BCUT2D eigenvalue weighted by Crippen LogP contribution is -2.18. The predicted molar refractivity (Wildman–Crippen MR) is 157 cm³/mol. The van der Waals surface area contributed by atoms with E-state index in [0.29, 0.717) is 11.5 Å². The van der Waals surface area contributed by atoms with E-state index in [1.165, 1.54) is 36.4 Å². The number of carboxylic acid groups (broad SMARTS) is 2. The summed E-state index contributed by atoms with van der Waals surface area (Å²) in [5.41, 5.74) is 0.501. The molecule has 4 rings (SSSR count). The molecule has 0 spiro atoms. The van der Waals surface area contributed by atoms with Crippen molar-refractivity contribution in [3.05, 3.63) is 118 Å². The fourth-order valence-electron chi connectivity index (χ4n) is 4.44. The summed E-state index contributed by atoms with van der Waals surface area (Å²) in [6, 6.07) is 22.4. The molecule has 0 aromatic heterocycles. The van der Waals surface area contributed by atoms with Crippen LogP contribution in [-0.2, 0) is 25.0 Å². The minimum absolute atomic E-state index is 0.110. The molecule has 0 bridgehead atoms. The molecule has 0 radical (unpaired) electrons. The zero-order valence-electron chi connectivity index (χ0n) is 24.6. The number of carbonyl (C=O) groups excluding carboxylic acids is 2. The highest BCUT2D eigenvalue weighted by Gasteiger charge is 2.25. The Bertz CT molecular complexity index is 1720. The first-order valence-electron chi connectivity index (χ1n) is 13.3. The van der Waals surface area contributed by atoms with Gasteiger partial charge in [-0.05, 0) is 71.8 Å². The van der Waals surface area contributed by atoms with Gasteiger partial charge in [-0.15, -0.1) is 0 Å². The number of benzene rings is 4. The molecule has 0 saturated heterocycles. The molecule has 0 aliphatic carbocycles. The van der Waals surface area contributed by atoms with Crippen LogP contribution in [0.15, 0.2) is 84.9 Å². The third-order valence-electron chi connectivity index (χ3n) is 6.82. The second-order valence-corrected chi connectivity index (χ2v) is 9.98. The minimum atomic E-state index is -1.37. The molecule has 0 heterocycles. The van der Waals surface area contributed by atoms with Gasteiger partial charge in [-0.25, -0.2) is 19.2 Å². The van der Waals surface area contributed by atoms with Gasteiger partial charge in [0.1, 0.15) is 23.0 Å². The zero-order chi connectivity index (χ0) is 32.7. The van der Waals surface area contributed by atoms with Crippen LogP contribution < -0.4 is 9.47 Å². The summed E-state index contributed by atoms with van der Waals surface area (Å²) in [6.45, 7) is 4.07. The van der Waals surface area contributed by atoms with Crippen LogP contribution in [0.1, 0.15) is 66.4 Å². The molecule has 0 saturated carbocycles. The average Bonchev–Trinajstić information content (AvgIpc) is 3.01. The van der Waals surface area contributed by atoms with E-state index in [1.54, 1.807) is 24.3 Å². The van der Waals surface area contributed by atoms with Gasteiger partial charge in [-0.3, -0.25) is 9.78 Å². The lowest BCUT2D eigenvalue weighted by Gasteiger charge is -2.26. The first kappa shape index (κ1) is 32.2. The van der Waals surface area contributed by atoms with Crippen LogP contribution in [0.4, 0.5) is 0 Å². The van der Waals surface area contributed by atoms with E-state index < -0.39 is 29.3 Å². The molecule has 0 aliphatic heterocycles. The van der Waals surface area contributed by atoms with E-state index in [0.717, 1.165) is 25.3 Å². The highest BCUT2D eigenvalue weighted by Crippen LogP contribution is 2.35. The summed E-state index contributed by atoms with van der Waals surface area (Å²) < 4.78 is 11.7. The summed E-state index contributed by atoms with van der Waals surface area (Å²) in [4.78, 5) is 65.2. The number of carbonyl (C=O) groups is 4. The van der Waals surface area contributed by atoms with Crippen LogP contribution in [0, 0.1) is 0 Å². The molecule has 45 heavy (non-hydrogen) atoms. The summed E-state index contributed by atoms with van der Waals surface area (Å²) >= 11 is 0. The Labute approximate surface area is 257 Å². The Morgan fingerprint density at radius 2 is 0.889 bits per heavy atom. The summed E-state index contributed by atoms with van der Waals surface area (Å²) in [5.74, 6) is -3.20. The van der Waals surface area contributed by atoms with E-state index >= 15 is 0 Å². The maximum atomic E-state index is 12.4. The van der Waals surface area contributed by atoms with Crippen molar-refractivity contribution in [2.24, 2.45) is 0 Å². The van der Waals surface area contributed by atoms with Crippen molar-refractivity contribution in [3.63, 3.8) is 0 Å². The molecule has 0 unspecified atom stereocenters. The molecule has 232 valence electrons. The summed E-state index contributed by atoms with van der Waals surface area (Å²) in [5, 5.41) is 18.6. The van der Waals surface area contributed by atoms with E-state index in [9.17, 15) is 29.4 Å². The molecule has 0 aliphatic rings. The number of hydrogen-bond donors (Lipinski definition) is 2. The summed E-state index contributed by atoms with van der Waals surface area (Å²) in [7, 11) is 2.31. The maximum Gasteiger partial charge on any atom is 0.374 e. The molecule has 12 heteroatoms. The third kappa shape index (κ3) is 7.44. The van der Waals surface area contributed by atoms with Crippen molar-refractivity contribution in [1.82, 2.24) is 0 Å². The predicted octanol–water partition coefficient (Wildman–Crippen LogP) is 6.43. The van der Waals surface area contributed by atoms with Crippen molar-refractivity contribution < 1.29 is 58.4 Å². The molecule has 4 aromatic rings. The average molecular weight is 617 g/mol. The van der Waals surface area contributed by atoms with Gasteiger partial charge in [-0.2, -0.15) is 9.78 Å². The second kappa shape index (κ2) is 13.7. The monoisotopic (exact) mass is 616 g/mol. The summed E-state index contributed by atoms with van der Waals surface area (Å²) in [6.07, 6.45) is 0. The molecular formula is C33H28O12. The van der Waals surface area contributed by atoms with Crippen LogP contribution in [0.5, 0.6) is 23.0 Å². The normalized spacial score (nSPS) is 10.9. The van der Waals surface area contributed by atoms with Crippen molar-refractivity contribution in [2.45, 2.75) is 19.3 Å². The van der Waals surface area contributed by atoms with Gasteiger partial charge in [-0.1, -0.05) is 38.1 Å². The van der Waals surface area contributed by atoms with Crippen molar-refractivity contribution in [2.75, 3.05) is 14.2 Å². The first-order valence-corrected chi connectivity index (χ1v) is 13.3. The largest absolute Gasteiger partial charge is 0.478 e. The second-order valence-electron chi connectivity index (χ2n) is 9.98. The highest BCUT2D eigenvalue weighted by molar-refractivity contribution is 6.03. The lowest BCUT2D eigenvalue weighted by atomic mass is 9.78. The topological polar surface area (TPSA) is 164 Å². The Morgan fingerprint density at radius 1 is 0.511 bits per heavy atom. The van der Waals surface area contributed by atoms with Gasteiger partial charge in [0.05, 0.1) is 36.5 Å². The number of rotatable bonds is 12. The fraction of sp³-hybridized carbons (Fsp3) is 0.152. The molecular weight excluding hydrogens is 588 g/mol. The van der Waals surface area contributed by atoms with Crippen LogP contribution in [-0.4, -0.2) is 48.3 Å². The van der Waals surface area contributed by atoms with E-state index in [1.807, 2.05) is 38.1 Å². The van der Waals surface area contributed by atoms with Crippen LogP contribution in [0.25, 0.3) is 0 Å². The van der Waals surface area contributed by atoms with E-state index in [4.69, 9.17) is 9.47 Å². The molecule has 12 nitrogen and oxygen atoms in total. The molecule has 0 atom stereocenters. The van der Waals surface area contributed by atoms with Gasteiger partial charge in [0, 0.05) is 5.41 Å². The van der Waals surface area contributed by atoms with Crippen molar-refractivity contribution in [3.8, 4) is 23.0 Å². The smallest absolute Gasteiger partial charge is 0.374 e. The minimum Gasteiger partial charge on any atom is -0.478 e. The standard InChI is InChI=1S/C33H28O12/c1-33(2,19-5-9-21(10-6-19)42-23-13-15-25(29(34)35)27(17-23)30(36)37)20-7-11-22(12-8-20)43-24-14-16-26(31(38)44-40-3)28(18-24)32(39)45-41-4/h5-18H,1-4H3,(H,34,35)(H,36,37). The van der Waals surface area contributed by atoms with Gasteiger partial charge < -0.3 is 19.7 Å². The Morgan fingerprint density at radius 3 is 1.31 bits per heavy atom. The number of ether oxygens (including phenoxy) is 2. The van der Waals surface area contributed by atoms with Gasteiger partial charge in [0.15, 0.2) is 0 Å². The van der Waals surface area contributed by atoms with Crippen LogP contribution >= 0.6 is 0 Å². The van der Waals surface area contributed by atoms with Gasteiger partial charge in [0.25, 0.3) is 0 Å². The number of carboxylic acids is 2. The molecule has 0 amide bonds.